The molecule has 0 bridgehead atoms. The topological polar surface area (TPSA) is 26.3 Å². The Morgan fingerprint density at radius 1 is 1.45 bits per heavy atom. The third-order valence-electron chi connectivity index (χ3n) is 0.544. The molecule has 0 fully saturated rings. The van der Waals surface area contributed by atoms with Gasteiger partial charge in [0.2, 0.25) is 0 Å². The Morgan fingerprint density at radius 2 is 1.82 bits per heavy atom. The Kier molecular flexibility index (Phi) is 13.7. The van der Waals surface area contributed by atoms with Crippen molar-refractivity contribution >= 4 is 38.4 Å². The first-order valence-corrected chi connectivity index (χ1v) is 12.7. The van der Waals surface area contributed by atoms with E-state index in [1.807, 2.05) is 0 Å². The van der Waals surface area contributed by atoms with E-state index in [4.69, 9.17) is 0 Å². The predicted octanol–water partition coefficient (Wildman–Crippen LogP) is 1.85. The zero-order valence-electron chi connectivity index (χ0n) is 7.68. The molecule has 0 rings (SSSR count). The predicted molar refractivity (Wildman–Crippen MR) is 53.8 cm³/mol. The van der Waals surface area contributed by atoms with Crippen LogP contribution in [0.25, 0.3) is 0 Å². The van der Waals surface area contributed by atoms with Gasteiger partial charge in [0.25, 0.3) is 0 Å². The van der Waals surface area contributed by atoms with Crippen molar-refractivity contribution in [3.8, 4) is 0 Å². The Labute approximate surface area is 81.8 Å². The van der Waals surface area contributed by atoms with Gasteiger partial charge in [-0.15, -0.1) is 0 Å². The van der Waals surface area contributed by atoms with E-state index < -0.39 is 19.8 Å². The molecule has 4 heteroatoms. The van der Waals surface area contributed by atoms with E-state index in [1.54, 1.807) is 0 Å². The Bertz CT molecular complexity index is 93.7. The summed E-state index contributed by atoms with van der Waals surface area (Å²) in [6.45, 7) is 0. The number of hydrogen-bond donors (Lipinski definition) is 1. The molecule has 66 valence electrons. The maximum atomic E-state index is 10.1. The molecule has 0 aliphatic carbocycles. The molecule has 0 radical (unpaired) electrons. The Hall–Kier alpha value is 0.619. The van der Waals surface area contributed by atoms with Crippen molar-refractivity contribution in [2.45, 2.75) is 21.2 Å². The number of ether oxygens (including phenoxy) is 1. The molecule has 0 heterocycles. The number of carbonyl (C=O) groups excluding carboxylic acids is 1. The number of carbonyl (C=O) groups is 1. The van der Waals surface area contributed by atoms with Crippen LogP contribution in [0.4, 0.5) is 0 Å². The first kappa shape index (κ1) is 14.2. The maximum absolute atomic E-state index is 10.1. The number of thiol groups is 1. The van der Waals surface area contributed by atoms with Crippen LogP contribution in [0.1, 0.15) is 6.42 Å². The molecule has 0 aliphatic rings. The number of hydrogen-bond acceptors (Lipinski definition) is 3. The van der Waals surface area contributed by atoms with E-state index in [0.717, 1.165) is 0 Å². The molecular weight excluding hydrogens is 267 g/mol. The van der Waals surface area contributed by atoms with Crippen molar-refractivity contribution in [3.05, 3.63) is 0 Å². The van der Waals surface area contributed by atoms with Crippen molar-refractivity contribution in [1.29, 1.82) is 0 Å². The van der Waals surface area contributed by atoms with Crippen molar-refractivity contribution in [1.82, 2.24) is 0 Å². The van der Waals surface area contributed by atoms with E-state index in [1.165, 1.54) is 7.11 Å². The summed E-state index contributed by atoms with van der Waals surface area (Å²) < 4.78 is 4.30. The van der Waals surface area contributed by atoms with Crippen LogP contribution in [-0.2, 0) is 9.53 Å². The molecule has 0 amide bonds. The number of methoxy groups -OCH3 is 1. The van der Waals surface area contributed by atoms with Crippen molar-refractivity contribution < 1.29 is 9.53 Å². The van der Waals surface area contributed by atoms with Crippen molar-refractivity contribution in [2.24, 2.45) is 0 Å². The SMILES string of the molecule is COC(=O)CCS.[CH3][Sn+]([CH3])[CH3]. The van der Waals surface area contributed by atoms with Gasteiger partial charge in [-0.25, -0.2) is 0 Å². The molecule has 0 N–H and O–H groups in total. The molecule has 0 unspecified atom stereocenters. The van der Waals surface area contributed by atoms with E-state index in [2.05, 4.69) is 32.2 Å². The average Bonchev–Trinajstić information content (AvgIpc) is 1.87. The minimum atomic E-state index is -0.543. The Morgan fingerprint density at radius 3 is 1.91 bits per heavy atom. The van der Waals surface area contributed by atoms with Gasteiger partial charge >= 0.3 is 40.5 Å². The molecule has 0 aromatic carbocycles. The quantitative estimate of drug-likeness (QED) is 0.476. The standard InChI is InChI=1S/C4H8O2S.3CH3.Sn/c1-6-4(5)2-3-7;;;;/h7H,2-3H2,1H3;3*1H3;/q;;;;+1. The van der Waals surface area contributed by atoms with Gasteiger partial charge in [-0.1, -0.05) is 0 Å². The van der Waals surface area contributed by atoms with E-state index >= 15 is 0 Å². The zero-order chi connectivity index (χ0) is 9.28. The molecule has 0 aromatic heterocycles. The molecule has 0 saturated carbocycles. The van der Waals surface area contributed by atoms with E-state index in [9.17, 15) is 4.79 Å². The summed E-state index contributed by atoms with van der Waals surface area (Å²) in [6, 6.07) is 0. The third-order valence-corrected chi connectivity index (χ3v) is 0.767. The van der Waals surface area contributed by atoms with Crippen LogP contribution in [0.15, 0.2) is 0 Å². The second kappa shape index (κ2) is 10.6. The molecule has 11 heavy (non-hydrogen) atoms. The van der Waals surface area contributed by atoms with Crippen molar-refractivity contribution in [2.75, 3.05) is 12.9 Å². The average molecular weight is 284 g/mol. The van der Waals surface area contributed by atoms with Crippen LogP contribution < -0.4 is 0 Å². The summed E-state index contributed by atoms with van der Waals surface area (Å²) in [5.41, 5.74) is 0. The number of esters is 1. The summed E-state index contributed by atoms with van der Waals surface area (Å²) in [6.07, 6.45) is 0.402. The molecule has 0 aromatic rings. The van der Waals surface area contributed by atoms with E-state index in [-0.39, 0.29) is 5.97 Å². The fraction of sp³-hybridized carbons (Fsp3) is 0.857. The fourth-order valence-electron chi connectivity index (χ4n) is 0.193. The van der Waals surface area contributed by atoms with Crippen LogP contribution in [0, 0.1) is 0 Å². The minimum absolute atomic E-state index is 0.199. The second-order valence-corrected chi connectivity index (χ2v) is 11.6. The Balaban J connectivity index is 0. The zero-order valence-corrected chi connectivity index (χ0v) is 11.4. The van der Waals surface area contributed by atoms with E-state index in [0.29, 0.717) is 12.2 Å². The van der Waals surface area contributed by atoms with Gasteiger partial charge < -0.3 is 4.74 Å². The van der Waals surface area contributed by atoms with Gasteiger partial charge in [-0.05, 0) is 0 Å². The summed E-state index contributed by atoms with van der Waals surface area (Å²) >= 11 is 3.27. The third kappa shape index (κ3) is 25.0. The summed E-state index contributed by atoms with van der Waals surface area (Å²) in [5, 5.41) is 0. The first-order chi connectivity index (χ1) is 5.04. The van der Waals surface area contributed by atoms with Gasteiger partial charge in [0.05, 0.1) is 13.5 Å². The fourth-order valence-corrected chi connectivity index (χ4v) is 0.376. The summed E-state index contributed by atoms with van der Waals surface area (Å²) in [5.74, 6) is 0.363. The van der Waals surface area contributed by atoms with Crippen LogP contribution in [0.5, 0.6) is 0 Å². The molecule has 2 nitrogen and oxygen atoms in total. The first-order valence-electron chi connectivity index (χ1n) is 3.49. The van der Waals surface area contributed by atoms with Gasteiger partial charge in [0.15, 0.2) is 0 Å². The molecule has 0 atom stereocenters. The van der Waals surface area contributed by atoms with Crippen LogP contribution >= 0.6 is 12.6 Å². The summed E-state index contributed by atoms with van der Waals surface area (Å²) in [4.78, 5) is 17.2. The van der Waals surface area contributed by atoms with Crippen LogP contribution in [0.3, 0.4) is 0 Å². The molecule has 0 spiro atoms. The molecule has 0 aliphatic heterocycles. The van der Waals surface area contributed by atoms with Gasteiger partial charge in [-0.2, -0.15) is 12.6 Å². The normalized spacial score (nSPS) is 7.73. The second-order valence-electron chi connectivity index (χ2n) is 2.55. The molecular formula is C7H17O2SSn+. The molecule has 0 saturated heterocycles. The van der Waals surface area contributed by atoms with Crippen LogP contribution in [0.2, 0.25) is 14.8 Å². The van der Waals surface area contributed by atoms with Gasteiger partial charge in [0.1, 0.15) is 0 Å². The summed E-state index contributed by atoms with van der Waals surface area (Å²) in [7, 11) is 1.37. The monoisotopic (exact) mass is 285 g/mol. The van der Waals surface area contributed by atoms with Gasteiger partial charge in [-0.3, -0.25) is 4.79 Å². The van der Waals surface area contributed by atoms with Crippen LogP contribution in [-0.4, -0.2) is 38.6 Å². The number of rotatable bonds is 2. The van der Waals surface area contributed by atoms with Gasteiger partial charge in [0, 0.05) is 5.75 Å². The van der Waals surface area contributed by atoms with Crippen molar-refractivity contribution in [3.63, 3.8) is 0 Å².